The Bertz CT molecular complexity index is 1020. The van der Waals surface area contributed by atoms with Gasteiger partial charge in [0.1, 0.15) is 10.8 Å². The molecule has 2 N–H and O–H groups in total. The number of aromatic nitrogens is 1. The highest BCUT2D eigenvalue weighted by molar-refractivity contribution is 7.14. The highest BCUT2D eigenvalue weighted by Crippen LogP contribution is 2.35. The van der Waals surface area contributed by atoms with E-state index in [0.29, 0.717) is 12.2 Å². The normalized spacial score (nSPS) is 13.9. The third-order valence-corrected chi connectivity index (χ3v) is 6.68. The molecule has 29 heavy (non-hydrogen) atoms. The molecule has 1 aliphatic rings. The molecule has 0 bridgehead atoms. The summed E-state index contributed by atoms with van der Waals surface area (Å²) >= 11 is 7.57. The number of nitrogens with zero attached hydrogens (tertiary/aromatic N) is 2. The van der Waals surface area contributed by atoms with Crippen molar-refractivity contribution in [3.05, 3.63) is 69.6 Å². The average Bonchev–Trinajstić information content (AvgIpc) is 3.36. The summed E-state index contributed by atoms with van der Waals surface area (Å²) in [6.07, 6.45) is 5.03. The fourth-order valence-electron chi connectivity index (χ4n) is 3.56. The minimum Gasteiger partial charge on any atom is -0.334 e. The predicted octanol–water partition coefficient (Wildman–Crippen LogP) is 5.03. The Hall–Kier alpha value is -2.35. The lowest BCUT2D eigenvalue weighted by molar-refractivity contribution is 0.251. The summed E-state index contributed by atoms with van der Waals surface area (Å²) in [5, 5.41) is 6.77. The number of fused-ring (bicyclic) bond motifs is 1. The zero-order valence-corrected chi connectivity index (χ0v) is 17.6. The summed E-state index contributed by atoms with van der Waals surface area (Å²) in [5.41, 5.74) is 2.95. The molecule has 0 aliphatic carbocycles. The van der Waals surface area contributed by atoms with E-state index in [0.717, 1.165) is 36.6 Å². The van der Waals surface area contributed by atoms with E-state index in [4.69, 9.17) is 11.6 Å². The Morgan fingerprint density at radius 3 is 2.83 bits per heavy atom. The van der Waals surface area contributed by atoms with Crippen molar-refractivity contribution in [2.45, 2.75) is 26.4 Å². The molecular weight excluding hydrogens is 411 g/mol. The van der Waals surface area contributed by atoms with Gasteiger partial charge in [0.15, 0.2) is 0 Å². The van der Waals surface area contributed by atoms with Crippen molar-refractivity contribution in [1.29, 1.82) is 0 Å². The second-order valence-corrected chi connectivity index (χ2v) is 8.42. The summed E-state index contributed by atoms with van der Waals surface area (Å²) in [6.45, 7) is 5.61. The van der Waals surface area contributed by atoms with Gasteiger partial charge in [-0.25, -0.2) is 9.18 Å². The first-order valence-corrected chi connectivity index (χ1v) is 10.7. The van der Waals surface area contributed by atoms with Crippen LogP contribution < -0.4 is 10.6 Å². The average molecular weight is 433 g/mol. The molecule has 0 fully saturated rings. The maximum atomic E-state index is 13.3. The molecular formula is C21H22ClFN4OS. The van der Waals surface area contributed by atoms with Crippen LogP contribution in [0.1, 0.15) is 22.9 Å². The number of carbonyl (C=O) groups excluding carboxylic acids is 1. The molecule has 1 aromatic carbocycles. The van der Waals surface area contributed by atoms with E-state index < -0.39 is 5.82 Å². The van der Waals surface area contributed by atoms with Crippen LogP contribution in [0.25, 0.3) is 5.00 Å². The van der Waals surface area contributed by atoms with Crippen molar-refractivity contribution in [2.75, 3.05) is 18.4 Å². The number of amides is 2. The van der Waals surface area contributed by atoms with Crippen molar-refractivity contribution < 1.29 is 9.18 Å². The number of anilines is 1. The van der Waals surface area contributed by atoms with Gasteiger partial charge in [0.25, 0.3) is 0 Å². The number of halogens is 2. The Balaban J connectivity index is 1.52. The molecule has 0 atom stereocenters. The number of thiophene rings is 1. The topological polar surface area (TPSA) is 49.3 Å². The van der Waals surface area contributed by atoms with Crippen LogP contribution in [0.2, 0.25) is 5.02 Å². The molecule has 1 aliphatic heterocycles. The van der Waals surface area contributed by atoms with Crippen molar-refractivity contribution in [1.82, 2.24) is 14.8 Å². The largest absolute Gasteiger partial charge is 0.334 e. The maximum Gasteiger partial charge on any atom is 0.319 e. The van der Waals surface area contributed by atoms with Crippen LogP contribution in [0.5, 0.6) is 0 Å². The molecule has 4 rings (SSSR count). The van der Waals surface area contributed by atoms with Gasteiger partial charge in [-0.15, -0.1) is 11.3 Å². The van der Waals surface area contributed by atoms with Gasteiger partial charge in [0.2, 0.25) is 0 Å². The van der Waals surface area contributed by atoms with Crippen LogP contribution in [-0.4, -0.2) is 28.6 Å². The van der Waals surface area contributed by atoms with E-state index >= 15 is 0 Å². The summed E-state index contributed by atoms with van der Waals surface area (Å²) in [5.74, 6) is -0.514. The zero-order valence-electron chi connectivity index (χ0n) is 16.0. The molecule has 3 aromatic rings. The van der Waals surface area contributed by atoms with Crippen molar-refractivity contribution in [2.24, 2.45) is 0 Å². The van der Waals surface area contributed by atoms with E-state index in [9.17, 15) is 9.18 Å². The molecule has 8 heteroatoms. The molecule has 0 radical (unpaired) electrons. The molecule has 0 saturated heterocycles. The lowest BCUT2D eigenvalue weighted by Crippen LogP contribution is -2.31. The Labute approximate surface area is 178 Å². The van der Waals surface area contributed by atoms with Crippen LogP contribution in [0, 0.1) is 5.82 Å². The molecule has 5 nitrogen and oxygen atoms in total. The van der Waals surface area contributed by atoms with Gasteiger partial charge in [-0.3, -0.25) is 4.90 Å². The smallest absolute Gasteiger partial charge is 0.319 e. The molecule has 3 heterocycles. The molecule has 0 spiro atoms. The molecule has 0 unspecified atom stereocenters. The Morgan fingerprint density at radius 2 is 2.10 bits per heavy atom. The van der Waals surface area contributed by atoms with Crippen LogP contribution in [-0.2, 0) is 19.5 Å². The maximum absolute atomic E-state index is 13.3. The van der Waals surface area contributed by atoms with Gasteiger partial charge >= 0.3 is 6.03 Å². The van der Waals surface area contributed by atoms with Gasteiger partial charge in [0, 0.05) is 48.2 Å². The quantitative estimate of drug-likeness (QED) is 0.594. The number of urea groups is 1. The highest BCUT2D eigenvalue weighted by atomic mass is 35.5. The number of hydrogen-bond acceptors (Lipinski definition) is 3. The first kappa shape index (κ1) is 19.9. The number of nitrogens with one attached hydrogen (secondary N) is 2. The molecule has 2 aromatic heterocycles. The van der Waals surface area contributed by atoms with Gasteiger partial charge < -0.3 is 15.2 Å². The van der Waals surface area contributed by atoms with Gasteiger partial charge in [-0.05, 0) is 48.9 Å². The van der Waals surface area contributed by atoms with Gasteiger partial charge in [0.05, 0.1) is 5.02 Å². The van der Waals surface area contributed by atoms with Crippen LogP contribution in [0.4, 0.5) is 14.9 Å². The summed E-state index contributed by atoms with van der Waals surface area (Å²) < 4.78 is 15.4. The van der Waals surface area contributed by atoms with Crippen molar-refractivity contribution >= 4 is 34.7 Å². The van der Waals surface area contributed by atoms with Crippen molar-refractivity contribution in [3.63, 3.8) is 0 Å². The lowest BCUT2D eigenvalue weighted by Gasteiger charge is -2.25. The van der Waals surface area contributed by atoms with Crippen LogP contribution >= 0.6 is 22.9 Å². The number of rotatable bonds is 5. The second-order valence-electron chi connectivity index (χ2n) is 6.93. The van der Waals surface area contributed by atoms with Crippen LogP contribution in [0.15, 0.2) is 42.7 Å². The minimum absolute atomic E-state index is 0.0231. The molecule has 2 amide bonds. The SMILES string of the molecule is CCN1CCc2c(sc(-n3cccc3)c2CNC(=O)Nc2ccc(F)c(Cl)c2)C1. The van der Waals surface area contributed by atoms with Crippen LogP contribution in [0.3, 0.4) is 0 Å². The fourth-order valence-corrected chi connectivity index (χ4v) is 5.11. The summed E-state index contributed by atoms with van der Waals surface area (Å²) in [6, 6.07) is 7.76. The Morgan fingerprint density at radius 1 is 1.31 bits per heavy atom. The van der Waals surface area contributed by atoms with E-state index in [2.05, 4.69) is 27.0 Å². The summed E-state index contributed by atoms with van der Waals surface area (Å²) in [4.78, 5) is 16.2. The number of benzene rings is 1. The van der Waals surface area contributed by atoms with E-state index in [1.54, 1.807) is 11.3 Å². The van der Waals surface area contributed by atoms with E-state index in [-0.39, 0.29) is 11.1 Å². The third-order valence-electron chi connectivity index (χ3n) is 5.11. The van der Waals surface area contributed by atoms with Gasteiger partial charge in [-0.2, -0.15) is 0 Å². The second kappa shape index (κ2) is 8.57. The number of likely N-dealkylation sites (N-methyl/N-ethyl adjacent to an activating group) is 1. The van der Waals surface area contributed by atoms with E-state index in [1.807, 2.05) is 24.5 Å². The summed E-state index contributed by atoms with van der Waals surface area (Å²) in [7, 11) is 0. The number of carbonyl (C=O) groups is 1. The van der Waals surface area contributed by atoms with E-state index in [1.165, 1.54) is 28.6 Å². The fraction of sp³-hybridized carbons (Fsp3) is 0.286. The highest BCUT2D eigenvalue weighted by Gasteiger charge is 2.24. The standard InChI is InChI=1S/C21H22ClFN4OS/c1-2-26-10-7-15-16(20(29-19(15)13-26)27-8-3-4-9-27)12-24-21(28)25-14-5-6-18(23)17(22)11-14/h3-6,8-9,11H,2,7,10,12-13H2,1H3,(H2,24,25,28). The molecule has 0 saturated carbocycles. The molecule has 152 valence electrons. The zero-order chi connectivity index (χ0) is 20.4. The third kappa shape index (κ3) is 4.32. The lowest BCUT2D eigenvalue weighted by atomic mass is 10.0. The minimum atomic E-state index is -0.514. The Kier molecular flexibility index (Phi) is 5.89. The van der Waals surface area contributed by atoms with Gasteiger partial charge in [-0.1, -0.05) is 18.5 Å². The first-order valence-electron chi connectivity index (χ1n) is 9.54. The monoisotopic (exact) mass is 432 g/mol. The number of hydrogen-bond donors (Lipinski definition) is 2. The predicted molar refractivity (Wildman–Crippen MR) is 116 cm³/mol. The van der Waals surface area contributed by atoms with Crippen molar-refractivity contribution in [3.8, 4) is 5.00 Å². The first-order chi connectivity index (χ1) is 14.0.